The van der Waals surface area contributed by atoms with E-state index in [1.807, 2.05) is 38.1 Å². The summed E-state index contributed by atoms with van der Waals surface area (Å²) in [5.74, 6) is 0.681. The Bertz CT molecular complexity index is 463. The zero-order valence-corrected chi connectivity index (χ0v) is 13.9. The predicted molar refractivity (Wildman–Crippen MR) is 87.7 cm³/mol. The molecule has 0 spiro atoms. The van der Waals surface area contributed by atoms with E-state index in [2.05, 4.69) is 10.6 Å². The van der Waals surface area contributed by atoms with Gasteiger partial charge in [0.1, 0.15) is 0 Å². The highest BCUT2D eigenvalue weighted by molar-refractivity contribution is 7.99. The second-order valence-electron chi connectivity index (χ2n) is 4.85. The van der Waals surface area contributed by atoms with Gasteiger partial charge in [0.15, 0.2) is 0 Å². The minimum absolute atomic E-state index is 0.00235. The van der Waals surface area contributed by atoms with Gasteiger partial charge in [0.2, 0.25) is 11.8 Å². The van der Waals surface area contributed by atoms with Crippen molar-refractivity contribution in [3.8, 4) is 0 Å². The molecule has 21 heavy (non-hydrogen) atoms. The quantitative estimate of drug-likeness (QED) is 0.570. The third-order valence-electron chi connectivity index (χ3n) is 2.68. The van der Waals surface area contributed by atoms with Crippen molar-refractivity contribution in [1.29, 1.82) is 0 Å². The summed E-state index contributed by atoms with van der Waals surface area (Å²) in [7, 11) is 0. The maximum absolute atomic E-state index is 11.6. The first-order valence-corrected chi connectivity index (χ1v) is 8.28. The van der Waals surface area contributed by atoms with Crippen LogP contribution in [0.15, 0.2) is 29.2 Å². The number of amides is 2. The van der Waals surface area contributed by atoms with E-state index in [-0.39, 0.29) is 17.7 Å². The van der Waals surface area contributed by atoms with Gasteiger partial charge in [-0.05, 0) is 24.3 Å². The van der Waals surface area contributed by atoms with Crippen molar-refractivity contribution in [2.45, 2.75) is 25.2 Å². The first kappa shape index (κ1) is 17.9. The van der Waals surface area contributed by atoms with E-state index in [0.29, 0.717) is 30.3 Å². The van der Waals surface area contributed by atoms with Crippen LogP contribution >= 0.6 is 23.4 Å². The van der Waals surface area contributed by atoms with Gasteiger partial charge in [-0.2, -0.15) is 0 Å². The number of hydrogen-bond acceptors (Lipinski definition) is 3. The van der Waals surface area contributed by atoms with Gasteiger partial charge in [0.05, 0.1) is 0 Å². The van der Waals surface area contributed by atoms with Crippen molar-refractivity contribution in [2.24, 2.45) is 5.92 Å². The third-order valence-corrected chi connectivity index (χ3v) is 3.95. The van der Waals surface area contributed by atoms with Gasteiger partial charge in [-0.3, -0.25) is 9.59 Å². The van der Waals surface area contributed by atoms with Gasteiger partial charge in [-0.25, -0.2) is 0 Å². The molecule has 2 N–H and O–H groups in total. The summed E-state index contributed by atoms with van der Waals surface area (Å²) in [6, 6.07) is 7.54. The number of carbonyl (C=O) groups is 2. The predicted octanol–water partition coefficient (Wildman–Crippen LogP) is 2.71. The first-order valence-electron chi connectivity index (χ1n) is 6.92. The Hall–Kier alpha value is -1.20. The molecule has 0 bridgehead atoms. The van der Waals surface area contributed by atoms with Crippen LogP contribution in [0.25, 0.3) is 0 Å². The van der Waals surface area contributed by atoms with E-state index < -0.39 is 0 Å². The molecular formula is C15H21ClN2O2S. The van der Waals surface area contributed by atoms with Gasteiger partial charge in [0, 0.05) is 41.1 Å². The number of hydrogen-bond donors (Lipinski definition) is 2. The molecule has 6 heteroatoms. The SMILES string of the molecule is CC(C)C(=O)NCCNC(=O)CCSc1ccc(Cl)cc1. The van der Waals surface area contributed by atoms with E-state index >= 15 is 0 Å². The van der Waals surface area contributed by atoms with E-state index in [0.717, 1.165) is 4.90 Å². The van der Waals surface area contributed by atoms with Gasteiger partial charge in [0.25, 0.3) is 0 Å². The Balaban J connectivity index is 2.09. The van der Waals surface area contributed by atoms with Crippen LogP contribution in [-0.2, 0) is 9.59 Å². The molecule has 0 aliphatic rings. The van der Waals surface area contributed by atoms with Crippen LogP contribution in [0.4, 0.5) is 0 Å². The summed E-state index contributed by atoms with van der Waals surface area (Å²) < 4.78 is 0. The lowest BCUT2D eigenvalue weighted by atomic mass is 10.2. The maximum atomic E-state index is 11.6. The molecule has 2 amide bonds. The number of halogens is 1. The standard InChI is InChI=1S/C15H21ClN2O2S/c1-11(2)15(20)18-9-8-17-14(19)7-10-21-13-5-3-12(16)4-6-13/h3-6,11H,7-10H2,1-2H3,(H,17,19)(H,18,20). The lowest BCUT2D eigenvalue weighted by Crippen LogP contribution is -2.36. The van der Waals surface area contributed by atoms with Gasteiger partial charge in [-0.1, -0.05) is 25.4 Å². The second-order valence-corrected chi connectivity index (χ2v) is 6.45. The summed E-state index contributed by atoms with van der Waals surface area (Å²) >= 11 is 7.42. The van der Waals surface area contributed by atoms with Crippen LogP contribution in [0.2, 0.25) is 5.02 Å². The average Bonchev–Trinajstić information content (AvgIpc) is 2.45. The van der Waals surface area contributed by atoms with Crippen molar-refractivity contribution < 1.29 is 9.59 Å². The summed E-state index contributed by atoms with van der Waals surface area (Å²) in [5.41, 5.74) is 0. The molecule has 0 heterocycles. The van der Waals surface area contributed by atoms with Crippen LogP contribution in [0.3, 0.4) is 0 Å². The Morgan fingerprint density at radius 2 is 1.76 bits per heavy atom. The molecule has 0 atom stereocenters. The lowest BCUT2D eigenvalue weighted by molar-refractivity contribution is -0.124. The summed E-state index contributed by atoms with van der Waals surface area (Å²) in [5, 5.41) is 6.25. The smallest absolute Gasteiger partial charge is 0.222 e. The van der Waals surface area contributed by atoms with Crippen molar-refractivity contribution in [2.75, 3.05) is 18.8 Å². The molecule has 4 nitrogen and oxygen atoms in total. The molecule has 116 valence electrons. The zero-order valence-electron chi connectivity index (χ0n) is 12.3. The topological polar surface area (TPSA) is 58.2 Å². The molecule has 0 unspecified atom stereocenters. The fraction of sp³-hybridized carbons (Fsp3) is 0.467. The molecular weight excluding hydrogens is 308 g/mol. The average molecular weight is 329 g/mol. The van der Waals surface area contributed by atoms with Crippen molar-refractivity contribution >= 4 is 35.2 Å². The molecule has 0 saturated heterocycles. The van der Waals surface area contributed by atoms with Crippen LogP contribution in [-0.4, -0.2) is 30.7 Å². The van der Waals surface area contributed by atoms with Crippen molar-refractivity contribution in [1.82, 2.24) is 10.6 Å². The number of carbonyl (C=O) groups excluding carboxylic acids is 2. The monoisotopic (exact) mass is 328 g/mol. The molecule has 0 saturated carbocycles. The summed E-state index contributed by atoms with van der Waals surface area (Å²) in [6.45, 7) is 4.60. The highest BCUT2D eigenvalue weighted by Crippen LogP contribution is 2.20. The number of rotatable bonds is 8. The Morgan fingerprint density at radius 3 is 2.38 bits per heavy atom. The van der Waals surface area contributed by atoms with Crippen LogP contribution < -0.4 is 10.6 Å². The third kappa shape index (κ3) is 7.97. The Kier molecular flexibility index (Phi) is 8.23. The van der Waals surface area contributed by atoms with Gasteiger partial charge < -0.3 is 10.6 Å². The summed E-state index contributed by atoms with van der Waals surface area (Å²) in [4.78, 5) is 24.0. The largest absolute Gasteiger partial charge is 0.354 e. The van der Waals surface area contributed by atoms with E-state index in [4.69, 9.17) is 11.6 Å². The summed E-state index contributed by atoms with van der Waals surface area (Å²) in [6.07, 6.45) is 0.450. The molecule has 0 aliphatic carbocycles. The molecule has 0 aliphatic heterocycles. The van der Waals surface area contributed by atoms with Crippen molar-refractivity contribution in [3.63, 3.8) is 0 Å². The van der Waals surface area contributed by atoms with Gasteiger partial charge in [-0.15, -0.1) is 11.8 Å². The second kappa shape index (κ2) is 9.68. The van der Waals surface area contributed by atoms with E-state index in [1.165, 1.54) is 0 Å². The molecule has 0 aromatic heterocycles. The maximum Gasteiger partial charge on any atom is 0.222 e. The van der Waals surface area contributed by atoms with E-state index in [9.17, 15) is 9.59 Å². The first-order chi connectivity index (χ1) is 9.99. The van der Waals surface area contributed by atoms with Crippen LogP contribution in [0.5, 0.6) is 0 Å². The number of benzene rings is 1. The normalized spacial score (nSPS) is 10.5. The number of nitrogens with one attached hydrogen (secondary N) is 2. The molecule has 1 aromatic carbocycles. The highest BCUT2D eigenvalue weighted by atomic mass is 35.5. The fourth-order valence-corrected chi connectivity index (χ4v) is 2.45. The minimum Gasteiger partial charge on any atom is -0.354 e. The number of thioether (sulfide) groups is 1. The van der Waals surface area contributed by atoms with E-state index in [1.54, 1.807) is 11.8 Å². The van der Waals surface area contributed by atoms with Gasteiger partial charge >= 0.3 is 0 Å². The zero-order chi connectivity index (χ0) is 15.7. The molecule has 1 rings (SSSR count). The van der Waals surface area contributed by atoms with Crippen LogP contribution in [0, 0.1) is 5.92 Å². The lowest BCUT2D eigenvalue weighted by Gasteiger charge is -2.08. The highest BCUT2D eigenvalue weighted by Gasteiger charge is 2.06. The van der Waals surface area contributed by atoms with Crippen LogP contribution in [0.1, 0.15) is 20.3 Å². The molecule has 0 fully saturated rings. The minimum atomic E-state index is -0.0310. The Morgan fingerprint density at radius 1 is 1.14 bits per heavy atom. The fourth-order valence-electron chi connectivity index (χ4n) is 1.47. The van der Waals surface area contributed by atoms with Crippen molar-refractivity contribution in [3.05, 3.63) is 29.3 Å². The molecule has 1 aromatic rings. The molecule has 0 radical (unpaired) electrons. The Labute approximate surface area is 135 Å².